The molecular formula is C12H17NO4. The highest BCUT2D eigenvalue weighted by molar-refractivity contribution is 6.20. The maximum Gasteiger partial charge on any atom is 0.267 e. The van der Waals surface area contributed by atoms with Crippen LogP contribution in [0.3, 0.4) is 0 Å². The Hall–Kier alpha value is -1.20. The van der Waals surface area contributed by atoms with Crippen molar-refractivity contribution in [3.05, 3.63) is 11.8 Å². The number of carbonyl (C=O) groups is 2. The minimum absolute atomic E-state index is 0.00743. The highest BCUT2D eigenvalue weighted by atomic mass is 16.6. The normalized spacial score (nSPS) is 35.3. The molecule has 1 unspecified atom stereocenters. The molecule has 5 heteroatoms. The average Bonchev–Trinajstić information content (AvgIpc) is 3.01. The van der Waals surface area contributed by atoms with Crippen molar-refractivity contribution in [2.24, 2.45) is 5.92 Å². The molecule has 2 heterocycles. The lowest BCUT2D eigenvalue weighted by molar-refractivity contribution is -0.134. The Labute approximate surface area is 99.8 Å². The first kappa shape index (κ1) is 12.3. The van der Waals surface area contributed by atoms with Gasteiger partial charge < -0.3 is 15.2 Å². The maximum absolute atomic E-state index is 11.9. The van der Waals surface area contributed by atoms with Crippen molar-refractivity contribution in [1.29, 1.82) is 0 Å². The molecule has 94 valence electrons. The summed E-state index contributed by atoms with van der Waals surface area (Å²) in [6.45, 7) is 5.45. The number of ketones is 1. The summed E-state index contributed by atoms with van der Waals surface area (Å²) < 4.78 is 5.25. The summed E-state index contributed by atoms with van der Waals surface area (Å²) in [7, 11) is 0. The molecule has 1 spiro atoms. The molecule has 0 aliphatic carbocycles. The van der Waals surface area contributed by atoms with Gasteiger partial charge in [0.25, 0.3) is 5.91 Å². The van der Waals surface area contributed by atoms with Gasteiger partial charge in [-0.05, 0) is 12.8 Å². The molecule has 1 amide bonds. The quantitative estimate of drug-likeness (QED) is 0.542. The number of hydrogen-bond acceptors (Lipinski definition) is 4. The van der Waals surface area contributed by atoms with E-state index in [1.807, 2.05) is 13.8 Å². The summed E-state index contributed by atoms with van der Waals surface area (Å²) in [6.07, 6.45) is 0.614. The highest BCUT2D eigenvalue weighted by Gasteiger charge is 2.71. The van der Waals surface area contributed by atoms with Gasteiger partial charge in [-0.15, -0.1) is 0 Å². The number of ether oxygens (including phenoxy) is 1. The molecule has 2 aliphatic heterocycles. The van der Waals surface area contributed by atoms with E-state index in [9.17, 15) is 14.7 Å². The molecule has 5 nitrogen and oxygen atoms in total. The Morgan fingerprint density at radius 2 is 2.24 bits per heavy atom. The van der Waals surface area contributed by atoms with Crippen LogP contribution in [0, 0.1) is 5.92 Å². The lowest BCUT2D eigenvalue weighted by Gasteiger charge is -2.20. The summed E-state index contributed by atoms with van der Waals surface area (Å²) in [5.41, 5.74) is -0.958. The lowest BCUT2D eigenvalue weighted by atomic mass is 9.87. The predicted molar refractivity (Wildman–Crippen MR) is 60.0 cm³/mol. The van der Waals surface area contributed by atoms with E-state index < -0.39 is 23.7 Å². The van der Waals surface area contributed by atoms with Crippen molar-refractivity contribution in [1.82, 2.24) is 5.32 Å². The van der Waals surface area contributed by atoms with E-state index in [1.54, 1.807) is 6.92 Å². The maximum atomic E-state index is 11.9. The van der Waals surface area contributed by atoms with Gasteiger partial charge in [0.15, 0.2) is 0 Å². The number of carbonyl (C=O) groups excluding carboxylic acids is 2. The third-order valence-corrected chi connectivity index (χ3v) is 3.56. The summed E-state index contributed by atoms with van der Waals surface area (Å²) >= 11 is 0. The van der Waals surface area contributed by atoms with Crippen LogP contribution in [0.1, 0.15) is 27.2 Å². The first-order chi connectivity index (χ1) is 7.93. The molecule has 0 aromatic carbocycles. The molecule has 0 bridgehead atoms. The summed E-state index contributed by atoms with van der Waals surface area (Å²) in [6, 6.07) is 0. The topological polar surface area (TPSA) is 78.9 Å². The smallest absolute Gasteiger partial charge is 0.267 e. The van der Waals surface area contributed by atoms with Gasteiger partial charge >= 0.3 is 0 Å². The Balaban J connectivity index is 2.19. The van der Waals surface area contributed by atoms with E-state index in [-0.39, 0.29) is 11.7 Å². The molecule has 4 atom stereocenters. The van der Waals surface area contributed by atoms with E-state index in [4.69, 9.17) is 4.74 Å². The number of nitrogens with one attached hydrogen (secondary N) is 1. The number of epoxide rings is 1. The van der Waals surface area contributed by atoms with Gasteiger partial charge in [-0.25, -0.2) is 0 Å². The van der Waals surface area contributed by atoms with Gasteiger partial charge in [0.1, 0.15) is 6.10 Å². The van der Waals surface area contributed by atoms with Crippen LogP contribution >= 0.6 is 0 Å². The Morgan fingerprint density at radius 1 is 1.59 bits per heavy atom. The summed E-state index contributed by atoms with van der Waals surface area (Å²) in [5, 5.41) is 12.6. The van der Waals surface area contributed by atoms with Crippen LogP contribution in [0.25, 0.3) is 0 Å². The molecule has 1 fully saturated rings. The number of hydrogen-bond donors (Lipinski definition) is 2. The third kappa shape index (κ3) is 1.70. The highest BCUT2D eigenvalue weighted by Crippen LogP contribution is 2.44. The van der Waals surface area contributed by atoms with Crippen LogP contribution in [0.5, 0.6) is 0 Å². The van der Waals surface area contributed by atoms with Crippen LogP contribution < -0.4 is 5.32 Å². The van der Waals surface area contributed by atoms with Crippen LogP contribution in [-0.4, -0.2) is 34.6 Å². The van der Waals surface area contributed by atoms with E-state index in [2.05, 4.69) is 5.32 Å². The van der Waals surface area contributed by atoms with Crippen LogP contribution in [0.2, 0.25) is 0 Å². The van der Waals surface area contributed by atoms with E-state index in [1.165, 1.54) is 6.08 Å². The predicted octanol–water partition coefficient (Wildman–Crippen LogP) is 0.134. The van der Waals surface area contributed by atoms with Crippen LogP contribution in [0.15, 0.2) is 11.8 Å². The third-order valence-electron chi connectivity index (χ3n) is 3.56. The monoisotopic (exact) mass is 239 g/mol. The number of aliphatic hydroxyl groups excluding tert-OH is 1. The zero-order valence-electron chi connectivity index (χ0n) is 10.2. The van der Waals surface area contributed by atoms with Crippen molar-refractivity contribution < 1.29 is 19.4 Å². The van der Waals surface area contributed by atoms with Crippen LogP contribution in [0.4, 0.5) is 0 Å². The molecule has 0 saturated carbocycles. The largest absolute Gasteiger partial charge is 0.390 e. The van der Waals surface area contributed by atoms with Gasteiger partial charge in [0.2, 0.25) is 11.4 Å². The molecule has 17 heavy (non-hydrogen) atoms. The van der Waals surface area contributed by atoms with Gasteiger partial charge in [0.05, 0.1) is 6.10 Å². The van der Waals surface area contributed by atoms with Crippen molar-refractivity contribution in [3.8, 4) is 0 Å². The fourth-order valence-corrected chi connectivity index (χ4v) is 2.12. The summed E-state index contributed by atoms with van der Waals surface area (Å²) in [5.74, 6) is -0.840. The average molecular weight is 239 g/mol. The van der Waals surface area contributed by atoms with Crippen molar-refractivity contribution >= 4 is 11.7 Å². The minimum Gasteiger partial charge on any atom is -0.390 e. The molecular weight excluding hydrogens is 222 g/mol. The number of amides is 1. The Bertz CT molecular complexity index is 403. The zero-order valence-corrected chi connectivity index (χ0v) is 10.2. The zero-order chi connectivity index (χ0) is 12.8. The standard InChI is InChI=1S/C12H17NO4/c1-4-6(2)9(15)10-12(17-10)8(14)5-7(3)13-11(12)16/h5-6,9-10,15H,4H2,1-3H3,(H,13,16)/t6-,9?,10+,12+/m1/s1. The first-order valence-electron chi connectivity index (χ1n) is 5.83. The van der Waals surface area contributed by atoms with Crippen LogP contribution in [-0.2, 0) is 14.3 Å². The lowest BCUT2D eigenvalue weighted by Crippen LogP contribution is -2.49. The molecule has 0 aromatic heterocycles. The Kier molecular flexibility index (Phi) is 2.83. The van der Waals surface area contributed by atoms with Gasteiger partial charge in [-0.2, -0.15) is 0 Å². The van der Waals surface area contributed by atoms with E-state index in [0.29, 0.717) is 5.70 Å². The van der Waals surface area contributed by atoms with Crippen molar-refractivity contribution in [3.63, 3.8) is 0 Å². The van der Waals surface area contributed by atoms with Crippen molar-refractivity contribution in [2.75, 3.05) is 0 Å². The van der Waals surface area contributed by atoms with Crippen molar-refractivity contribution in [2.45, 2.75) is 45.0 Å². The summed E-state index contributed by atoms with van der Waals surface area (Å²) in [4.78, 5) is 23.7. The molecule has 2 aliphatic rings. The number of aliphatic hydroxyl groups is 1. The second-order valence-electron chi connectivity index (χ2n) is 4.80. The van der Waals surface area contributed by atoms with E-state index in [0.717, 1.165) is 6.42 Å². The first-order valence-corrected chi connectivity index (χ1v) is 5.83. The van der Waals surface area contributed by atoms with Gasteiger partial charge in [0, 0.05) is 11.8 Å². The number of rotatable bonds is 3. The SMILES string of the molecule is CC[C@@H](C)C(O)[C@@H]1O[C@@]12C(=O)C=C(C)NC2=O. The minimum atomic E-state index is -1.47. The molecule has 2 N–H and O–H groups in total. The van der Waals surface area contributed by atoms with E-state index >= 15 is 0 Å². The second kappa shape index (κ2) is 3.92. The fourth-order valence-electron chi connectivity index (χ4n) is 2.12. The molecule has 0 radical (unpaired) electrons. The fraction of sp³-hybridized carbons (Fsp3) is 0.667. The van der Waals surface area contributed by atoms with Gasteiger partial charge in [-0.3, -0.25) is 9.59 Å². The molecule has 2 rings (SSSR count). The van der Waals surface area contributed by atoms with Gasteiger partial charge in [-0.1, -0.05) is 20.3 Å². The molecule has 0 aromatic rings. The Morgan fingerprint density at radius 3 is 2.76 bits per heavy atom. The molecule has 1 saturated heterocycles. The number of allylic oxidation sites excluding steroid dienone is 1. The second-order valence-corrected chi connectivity index (χ2v) is 4.80.